The van der Waals surface area contributed by atoms with Crippen LogP contribution in [0.4, 0.5) is 4.79 Å². The van der Waals surface area contributed by atoms with E-state index in [4.69, 9.17) is 0 Å². The summed E-state index contributed by atoms with van der Waals surface area (Å²) >= 11 is 0. The zero-order valence-corrected chi connectivity index (χ0v) is 13.3. The van der Waals surface area contributed by atoms with Crippen LogP contribution in [0.15, 0.2) is 0 Å². The van der Waals surface area contributed by atoms with Gasteiger partial charge >= 0.3 is 12.0 Å². The molecule has 3 atom stereocenters. The zero-order valence-electron chi connectivity index (χ0n) is 13.3. The SMILES string of the molecule is CCN(CCCN(C)C)C(=O)N1C2CCC1C(C(=O)O)C2. The highest BCUT2D eigenvalue weighted by Gasteiger charge is 2.52. The fourth-order valence-corrected chi connectivity index (χ4v) is 3.68. The van der Waals surface area contributed by atoms with Crippen molar-refractivity contribution in [1.82, 2.24) is 14.7 Å². The van der Waals surface area contributed by atoms with Crippen LogP contribution in [0.5, 0.6) is 0 Å². The Morgan fingerprint density at radius 1 is 1.24 bits per heavy atom. The van der Waals surface area contributed by atoms with Crippen molar-refractivity contribution in [1.29, 1.82) is 0 Å². The van der Waals surface area contributed by atoms with Crippen molar-refractivity contribution in [3.8, 4) is 0 Å². The number of rotatable bonds is 6. The molecule has 0 aromatic heterocycles. The van der Waals surface area contributed by atoms with Gasteiger partial charge in [-0.1, -0.05) is 0 Å². The maximum atomic E-state index is 12.7. The molecule has 2 rings (SSSR count). The predicted molar refractivity (Wildman–Crippen MR) is 80.2 cm³/mol. The van der Waals surface area contributed by atoms with Crippen molar-refractivity contribution in [2.75, 3.05) is 33.7 Å². The lowest BCUT2D eigenvalue weighted by molar-refractivity contribution is -0.142. The minimum Gasteiger partial charge on any atom is -0.481 e. The van der Waals surface area contributed by atoms with Crippen molar-refractivity contribution < 1.29 is 14.7 Å². The van der Waals surface area contributed by atoms with Gasteiger partial charge in [-0.25, -0.2) is 4.79 Å². The Morgan fingerprint density at radius 3 is 2.48 bits per heavy atom. The second-order valence-corrected chi connectivity index (χ2v) is 6.41. The lowest BCUT2D eigenvalue weighted by Gasteiger charge is -2.31. The summed E-state index contributed by atoms with van der Waals surface area (Å²) in [6.45, 7) is 4.36. The first-order valence-electron chi connectivity index (χ1n) is 7.90. The summed E-state index contributed by atoms with van der Waals surface area (Å²) < 4.78 is 0. The summed E-state index contributed by atoms with van der Waals surface area (Å²) in [6, 6.07) is 0.0712. The molecule has 0 saturated carbocycles. The van der Waals surface area contributed by atoms with E-state index in [0.717, 1.165) is 32.4 Å². The Morgan fingerprint density at radius 2 is 1.95 bits per heavy atom. The number of carbonyl (C=O) groups excluding carboxylic acids is 1. The molecule has 1 N–H and O–H groups in total. The summed E-state index contributed by atoms with van der Waals surface area (Å²) in [4.78, 5) is 29.8. The first kappa shape index (κ1) is 16.1. The molecule has 120 valence electrons. The lowest BCUT2D eigenvalue weighted by Crippen LogP contribution is -2.47. The second-order valence-electron chi connectivity index (χ2n) is 6.41. The van der Waals surface area contributed by atoms with E-state index in [1.165, 1.54) is 0 Å². The molecule has 6 nitrogen and oxygen atoms in total. The van der Waals surface area contributed by atoms with Gasteiger partial charge in [-0.2, -0.15) is 0 Å². The Balaban J connectivity index is 1.97. The molecule has 2 aliphatic heterocycles. The zero-order chi connectivity index (χ0) is 15.6. The van der Waals surface area contributed by atoms with Crippen LogP contribution < -0.4 is 0 Å². The number of carboxylic acid groups (broad SMARTS) is 1. The van der Waals surface area contributed by atoms with Crippen LogP contribution in [-0.4, -0.2) is 77.6 Å². The Labute approximate surface area is 126 Å². The molecule has 21 heavy (non-hydrogen) atoms. The largest absolute Gasteiger partial charge is 0.481 e. The fourth-order valence-electron chi connectivity index (χ4n) is 3.68. The minimum atomic E-state index is -0.754. The van der Waals surface area contributed by atoms with Crippen LogP contribution in [0.1, 0.15) is 32.6 Å². The van der Waals surface area contributed by atoms with Gasteiger partial charge in [0.25, 0.3) is 0 Å². The molecule has 0 aromatic carbocycles. The molecule has 2 heterocycles. The van der Waals surface area contributed by atoms with Gasteiger partial charge in [0.05, 0.1) is 5.92 Å². The summed E-state index contributed by atoms with van der Waals surface area (Å²) in [5, 5.41) is 9.28. The molecule has 0 aliphatic carbocycles. The smallest absolute Gasteiger partial charge is 0.320 e. The van der Waals surface area contributed by atoms with Crippen LogP contribution >= 0.6 is 0 Å². The molecule has 2 aliphatic rings. The van der Waals surface area contributed by atoms with Crippen molar-refractivity contribution in [3.63, 3.8) is 0 Å². The first-order valence-corrected chi connectivity index (χ1v) is 7.90. The molecule has 2 amide bonds. The van der Waals surface area contributed by atoms with Gasteiger partial charge in [0.1, 0.15) is 0 Å². The minimum absolute atomic E-state index is 0.0347. The van der Waals surface area contributed by atoms with E-state index in [9.17, 15) is 14.7 Å². The molecule has 2 bridgehead atoms. The predicted octanol–water partition coefficient (Wildman–Crippen LogP) is 1.32. The van der Waals surface area contributed by atoms with E-state index < -0.39 is 5.97 Å². The van der Waals surface area contributed by atoms with Crippen molar-refractivity contribution in [2.24, 2.45) is 5.92 Å². The van der Waals surface area contributed by atoms with Crippen LogP contribution in [-0.2, 0) is 4.79 Å². The monoisotopic (exact) mass is 297 g/mol. The Bertz CT molecular complexity index is 400. The highest BCUT2D eigenvalue weighted by Crippen LogP contribution is 2.42. The topological polar surface area (TPSA) is 64.1 Å². The van der Waals surface area contributed by atoms with E-state index >= 15 is 0 Å². The summed E-state index contributed by atoms with van der Waals surface area (Å²) in [5.41, 5.74) is 0. The maximum Gasteiger partial charge on any atom is 0.320 e. The molecular formula is C15H27N3O3. The Hall–Kier alpha value is -1.30. The van der Waals surface area contributed by atoms with Crippen molar-refractivity contribution in [2.45, 2.75) is 44.7 Å². The van der Waals surface area contributed by atoms with E-state index in [1.807, 2.05) is 30.8 Å². The average molecular weight is 297 g/mol. The molecule has 2 fully saturated rings. The van der Waals surface area contributed by atoms with Gasteiger partial charge in [0, 0.05) is 25.2 Å². The standard InChI is InChI=1S/C15H27N3O3/c1-4-17(9-5-8-16(2)3)15(21)18-11-6-7-13(18)12(10-11)14(19)20/h11-13H,4-10H2,1-3H3,(H,19,20). The normalized spacial score (nSPS) is 27.4. The summed E-state index contributed by atoms with van der Waals surface area (Å²) in [7, 11) is 4.05. The van der Waals surface area contributed by atoms with E-state index in [2.05, 4.69) is 4.90 Å². The Kier molecular flexibility index (Phi) is 5.08. The highest BCUT2D eigenvalue weighted by molar-refractivity contribution is 5.79. The van der Waals surface area contributed by atoms with Gasteiger partial charge in [-0.3, -0.25) is 4.79 Å². The van der Waals surface area contributed by atoms with Crippen LogP contribution in [0, 0.1) is 5.92 Å². The highest BCUT2D eigenvalue weighted by atomic mass is 16.4. The summed E-state index contributed by atoms with van der Waals surface area (Å²) in [5.74, 6) is -1.12. The van der Waals surface area contributed by atoms with Crippen LogP contribution in [0.25, 0.3) is 0 Å². The van der Waals surface area contributed by atoms with Gasteiger partial charge < -0.3 is 19.8 Å². The van der Waals surface area contributed by atoms with E-state index in [-0.39, 0.29) is 24.0 Å². The number of carbonyl (C=O) groups is 2. The third-order valence-electron chi connectivity index (χ3n) is 4.76. The molecule has 2 saturated heterocycles. The van der Waals surface area contributed by atoms with Crippen molar-refractivity contribution >= 4 is 12.0 Å². The molecular weight excluding hydrogens is 270 g/mol. The quantitative estimate of drug-likeness (QED) is 0.803. The molecule has 0 aromatic rings. The third kappa shape index (κ3) is 3.31. The number of amides is 2. The number of urea groups is 1. The van der Waals surface area contributed by atoms with Crippen molar-refractivity contribution in [3.05, 3.63) is 0 Å². The van der Waals surface area contributed by atoms with Gasteiger partial charge in [-0.15, -0.1) is 0 Å². The van der Waals surface area contributed by atoms with E-state index in [1.54, 1.807) is 0 Å². The molecule has 0 radical (unpaired) electrons. The van der Waals surface area contributed by atoms with Crippen LogP contribution in [0.2, 0.25) is 0 Å². The summed E-state index contributed by atoms with van der Waals surface area (Å²) in [6.07, 6.45) is 3.36. The number of hydrogen-bond acceptors (Lipinski definition) is 3. The second kappa shape index (κ2) is 6.64. The van der Waals surface area contributed by atoms with Gasteiger partial charge in [0.15, 0.2) is 0 Å². The number of carboxylic acids is 1. The molecule has 6 heteroatoms. The van der Waals surface area contributed by atoms with Gasteiger partial charge in [0.2, 0.25) is 0 Å². The maximum absolute atomic E-state index is 12.7. The van der Waals surface area contributed by atoms with E-state index in [0.29, 0.717) is 13.0 Å². The molecule has 0 spiro atoms. The van der Waals surface area contributed by atoms with Gasteiger partial charge in [-0.05, 0) is 53.2 Å². The number of aliphatic carboxylic acids is 1. The number of nitrogens with zero attached hydrogens (tertiary/aromatic N) is 3. The lowest BCUT2D eigenvalue weighted by atomic mass is 9.89. The number of fused-ring (bicyclic) bond motifs is 2. The average Bonchev–Trinajstić information content (AvgIpc) is 3.00. The molecule has 3 unspecified atom stereocenters. The number of hydrogen-bond donors (Lipinski definition) is 1. The first-order chi connectivity index (χ1) is 9.95. The fraction of sp³-hybridized carbons (Fsp3) is 0.867. The van der Waals surface area contributed by atoms with Crippen LogP contribution in [0.3, 0.4) is 0 Å². The third-order valence-corrected chi connectivity index (χ3v) is 4.76.